The van der Waals surface area contributed by atoms with Gasteiger partial charge in [0.05, 0.1) is 35.0 Å². The summed E-state index contributed by atoms with van der Waals surface area (Å²) in [5, 5.41) is 4.50. The number of aromatic nitrogens is 1. The Balaban J connectivity index is 1.41. The highest BCUT2D eigenvalue weighted by atomic mass is 35.5. The maximum atomic E-state index is 7.03. The molecule has 186 valence electrons. The lowest BCUT2D eigenvalue weighted by Gasteiger charge is -2.15. The van der Waals surface area contributed by atoms with E-state index >= 15 is 0 Å². The van der Waals surface area contributed by atoms with Crippen LogP contribution in [0.5, 0.6) is 5.88 Å². The summed E-state index contributed by atoms with van der Waals surface area (Å²) in [6.45, 7) is 1.55. The van der Waals surface area contributed by atoms with E-state index < -0.39 is 0 Å². The highest BCUT2D eigenvalue weighted by molar-refractivity contribution is 6.39. The topological polar surface area (TPSA) is 72.5 Å². The van der Waals surface area contributed by atoms with Crippen molar-refractivity contribution in [2.24, 2.45) is 10.7 Å². The molecule has 0 bridgehead atoms. The average Bonchev–Trinajstić information content (AvgIpc) is 3.59. The molecule has 1 aliphatic carbocycles. The van der Waals surface area contributed by atoms with Crippen LogP contribution in [-0.2, 0) is 6.42 Å². The lowest BCUT2D eigenvalue weighted by molar-refractivity contribution is 0.397. The molecule has 1 aromatic heterocycles. The fourth-order valence-electron chi connectivity index (χ4n) is 5.21. The first-order valence-electron chi connectivity index (χ1n) is 12.4. The molecule has 0 amide bonds. The van der Waals surface area contributed by atoms with Gasteiger partial charge < -0.3 is 15.8 Å². The van der Waals surface area contributed by atoms with Gasteiger partial charge in [0.2, 0.25) is 5.88 Å². The number of fused-ring (bicyclic) bond motifs is 1. The normalized spacial score (nSPS) is 16.3. The van der Waals surface area contributed by atoms with Crippen molar-refractivity contribution in [2.75, 3.05) is 20.2 Å². The molecular formula is C30H26Cl2N4O. The first-order chi connectivity index (χ1) is 18.0. The van der Waals surface area contributed by atoms with Crippen LogP contribution < -0.4 is 15.8 Å². The smallest absolute Gasteiger partial charge is 0.224 e. The number of benzene rings is 3. The minimum Gasteiger partial charge on any atom is -0.480 e. The van der Waals surface area contributed by atoms with E-state index in [1.165, 1.54) is 11.1 Å². The molecule has 0 saturated carbocycles. The SMILES string of the molecule is COc1nc(-c2cccc(-c3cccc(-c4ccc5c(c4)C(N)CC5)c3Cl)c2Cl)ccc1C1=NCCN1. The number of halogens is 2. The summed E-state index contributed by atoms with van der Waals surface area (Å²) in [7, 11) is 1.61. The summed E-state index contributed by atoms with van der Waals surface area (Å²) < 4.78 is 5.59. The second-order valence-corrected chi connectivity index (χ2v) is 10.1. The molecule has 37 heavy (non-hydrogen) atoms. The summed E-state index contributed by atoms with van der Waals surface area (Å²) >= 11 is 14.0. The second-order valence-electron chi connectivity index (χ2n) is 9.30. The largest absolute Gasteiger partial charge is 0.480 e. The quantitative estimate of drug-likeness (QED) is 0.302. The van der Waals surface area contributed by atoms with Crippen LogP contribution in [0.4, 0.5) is 0 Å². The first-order valence-corrected chi connectivity index (χ1v) is 13.1. The fourth-order valence-corrected chi connectivity index (χ4v) is 5.87. The average molecular weight is 529 g/mol. The van der Waals surface area contributed by atoms with Crippen molar-refractivity contribution in [2.45, 2.75) is 18.9 Å². The number of hydrogen-bond donors (Lipinski definition) is 2. The van der Waals surface area contributed by atoms with Gasteiger partial charge in [-0.2, -0.15) is 0 Å². The van der Waals surface area contributed by atoms with Gasteiger partial charge in [0.25, 0.3) is 0 Å². The highest BCUT2D eigenvalue weighted by Crippen LogP contribution is 2.43. The number of rotatable bonds is 5. The molecule has 0 fully saturated rings. The van der Waals surface area contributed by atoms with Crippen LogP contribution in [0.2, 0.25) is 10.0 Å². The van der Waals surface area contributed by atoms with Crippen molar-refractivity contribution in [1.82, 2.24) is 10.3 Å². The number of aryl methyl sites for hydroxylation is 1. The molecule has 3 N–H and O–H groups in total. The van der Waals surface area contributed by atoms with Gasteiger partial charge >= 0.3 is 0 Å². The van der Waals surface area contributed by atoms with Crippen molar-refractivity contribution in [1.29, 1.82) is 0 Å². The standard InChI is InChI=1S/C30H26Cl2N4O/c1-37-30-23(29-34-14-15-35-29)11-13-26(36-30)22-7-3-6-21(28(22)32)20-5-2-4-19(27(20)31)18-9-8-17-10-12-25(33)24(17)16-18/h2-9,11,13,16,25H,10,12,14-15,33H2,1H3,(H,34,35). The van der Waals surface area contributed by atoms with Crippen molar-refractivity contribution in [3.8, 4) is 39.4 Å². The van der Waals surface area contributed by atoms with Gasteiger partial charge in [-0.15, -0.1) is 0 Å². The van der Waals surface area contributed by atoms with Crippen LogP contribution in [0, 0.1) is 0 Å². The molecule has 2 aliphatic rings. The Bertz CT molecular complexity index is 1550. The summed E-state index contributed by atoms with van der Waals surface area (Å²) in [6.07, 6.45) is 2.01. The van der Waals surface area contributed by atoms with E-state index in [1.807, 2.05) is 48.5 Å². The fraction of sp³-hybridized carbons (Fsp3) is 0.200. The number of hydrogen-bond acceptors (Lipinski definition) is 5. The summed E-state index contributed by atoms with van der Waals surface area (Å²) in [6, 6.07) is 22.4. The Labute approximate surface area is 226 Å². The number of pyridine rings is 1. The predicted molar refractivity (Wildman–Crippen MR) is 152 cm³/mol. The van der Waals surface area contributed by atoms with Gasteiger partial charge in [-0.1, -0.05) is 71.7 Å². The monoisotopic (exact) mass is 528 g/mol. The molecular weight excluding hydrogens is 503 g/mol. The van der Waals surface area contributed by atoms with Crippen LogP contribution in [0.15, 0.2) is 71.7 Å². The van der Waals surface area contributed by atoms with E-state index in [-0.39, 0.29) is 6.04 Å². The molecule has 0 saturated heterocycles. The van der Waals surface area contributed by atoms with E-state index in [0.717, 1.165) is 65.1 Å². The minimum atomic E-state index is 0.0791. The minimum absolute atomic E-state index is 0.0791. The van der Waals surface area contributed by atoms with Gasteiger partial charge in [-0.05, 0) is 47.7 Å². The number of methoxy groups -OCH3 is 1. The number of nitrogens with one attached hydrogen (secondary N) is 1. The summed E-state index contributed by atoms with van der Waals surface area (Å²) in [5.41, 5.74) is 14.9. The summed E-state index contributed by atoms with van der Waals surface area (Å²) in [4.78, 5) is 9.25. The first kappa shape index (κ1) is 24.0. The van der Waals surface area contributed by atoms with E-state index in [0.29, 0.717) is 21.6 Å². The second kappa shape index (κ2) is 9.82. The Morgan fingerprint density at radius 1 is 0.892 bits per heavy atom. The molecule has 1 unspecified atom stereocenters. The Morgan fingerprint density at radius 2 is 1.62 bits per heavy atom. The number of aliphatic imine (C=N–C) groups is 1. The van der Waals surface area contributed by atoms with E-state index in [9.17, 15) is 0 Å². The maximum absolute atomic E-state index is 7.03. The maximum Gasteiger partial charge on any atom is 0.224 e. The number of amidine groups is 1. The molecule has 1 aliphatic heterocycles. The lowest BCUT2D eigenvalue weighted by Crippen LogP contribution is -2.20. The molecule has 0 spiro atoms. The van der Waals surface area contributed by atoms with Crippen LogP contribution in [0.1, 0.15) is 29.2 Å². The predicted octanol–water partition coefficient (Wildman–Crippen LogP) is 6.69. The van der Waals surface area contributed by atoms with Crippen LogP contribution in [0.3, 0.4) is 0 Å². The third kappa shape index (κ3) is 4.27. The van der Waals surface area contributed by atoms with Crippen molar-refractivity contribution < 1.29 is 4.74 Å². The van der Waals surface area contributed by atoms with Crippen LogP contribution in [-0.4, -0.2) is 31.0 Å². The van der Waals surface area contributed by atoms with E-state index in [4.69, 9.17) is 38.7 Å². The number of ether oxygens (including phenoxy) is 1. The number of nitrogens with zero attached hydrogens (tertiary/aromatic N) is 2. The molecule has 3 aromatic carbocycles. The van der Waals surface area contributed by atoms with Crippen molar-refractivity contribution in [3.05, 3.63) is 93.5 Å². The molecule has 2 heterocycles. The van der Waals surface area contributed by atoms with Gasteiger partial charge in [0.1, 0.15) is 5.84 Å². The summed E-state index contributed by atoms with van der Waals surface area (Å²) in [5.74, 6) is 1.30. The Kier molecular flexibility index (Phi) is 6.37. The molecule has 5 nitrogen and oxygen atoms in total. The third-order valence-electron chi connectivity index (χ3n) is 7.13. The van der Waals surface area contributed by atoms with Gasteiger partial charge in [-0.25, -0.2) is 4.98 Å². The zero-order valence-electron chi connectivity index (χ0n) is 20.4. The van der Waals surface area contributed by atoms with Crippen molar-refractivity contribution in [3.63, 3.8) is 0 Å². The zero-order valence-corrected chi connectivity index (χ0v) is 21.9. The molecule has 0 radical (unpaired) electrons. The van der Waals surface area contributed by atoms with Crippen LogP contribution >= 0.6 is 23.2 Å². The van der Waals surface area contributed by atoms with E-state index in [2.05, 4.69) is 28.5 Å². The molecule has 7 heteroatoms. The van der Waals surface area contributed by atoms with Gasteiger partial charge in [-0.3, -0.25) is 4.99 Å². The zero-order chi connectivity index (χ0) is 25.5. The lowest BCUT2D eigenvalue weighted by atomic mass is 9.95. The third-order valence-corrected chi connectivity index (χ3v) is 7.94. The molecule has 6 rings (SSSR count). The van der Waals surface area contributed by atoms with Crippen molar-refractivity contribution >= 4 is 29.0 Å². The van der Waals surface area contributed by atoms with Crippen LogP contribution in [0.25, 0.3) is 33.5 Å². The molecule has 1 atom stereocenters. The molecule has 4 aromatic rings. The number of nitrogens with two attached hydrogens (primary N) is 1. The Hall–Kier alpha value is -3.38. The Morgan fingerprint density at radius 3 is 2.35 bits per heavy atom. The van der Waals surface area contributed by atoms with E-state index in [1.54, 1.807) is 7.11 Å². The van der Waals surface area contributed by atoms with Gasteiger partial charge in [0, 0.05) is 34.8 Å². The van der Waals surface area contributed by atoms with Gasteiger partial charge in [0.15, 0.2) is 0 Å². The highest BCUT2D eigenvalue weighted by Gasteiger charge is 2.22.